The molecule has 2 aliphatic heterocycles. The molecular weight excluding hydrogens is 833 g/mol. The number of benzene rings is 4. The Morgan fingerprint density at radius 3 is 1.11 bits per heavy atom. The largest absolute Gasteiger partial charge is 0.494 e. The smallest absolute Gasteiger partial charge is 0.343 e. The van der Waals surface area contributed by atoms with Crippen LogP contribution in [0.2, 0.25) is 0 Å². The molecule has 16 nitrogen and oxygen atoms in total. The van der Waals surface area contributed by atoms with Crippen LogP contribution in [-0.2, 0) is 38.0 Å². The molecule has 2 heterocycles. The monoisotopic (exact) mass is 878 g/mol. The fourth-order valence-electron chi connectivity index (χ4n) is 6.32. The van der Waals surface area contributed by atoms with E-state index >= 15 is 0 Å². The topological polar surface area (TPSA) is 195 Å². The Kier molecular flexibility index (Phi) is 16.8. The van der Waals surface area contributed by atoms with Crippen molar-refractivity contribution in [1.29, 1.82) is 0 Å². The molecule has 2 aliphatic rings. The van der Waals surface area contributed by atoms with E-state index in [9.17, 15) is 28.8 Å². The van der Waals surface area contributed by atoms with Crippen LogP contribution in [0, 0.1) is 0 Å². The first-order valence-electron chi connectivity index (χ1n) is 20.4. The molecule has 334 valence electrons. The predicted octanol–water partition coefficient (Wildman–Crippen LogP) is 6.45. The molecule has 4 atom stereocenters. The van der Waals surface area contributed by atoms with Gasteiger partial charge >= 0.3 is 35.8 Å². The molecule has 0 amide bonds. The Hall–Kier alpha value is -7.30. The van der Waals surface area contributed by atoms with E-state index in [4.69, 9.17) is 47.4 Å². The highest BCUT2D eigenvalue weighted by atomic mass is 16.7. The molecule has 0 aliphatic carbocycles. The van der Waals surface area contributed by atoms with E-state index < -0.39 is 60.2 Å². The number of hydrogen-bond donors (Lipinski definition) is 0. The van der Waals surface area contributed by atoms with Crippen LogP contribution < -0.4 is 18.9 Å². The average Bonchev–Trinajstić information content (AvgIpc) is 3.91. The SMILES string of the molecule is C=CC(=O)OCCCCOc1ccc(C(=O)Oc2ccc(C(=O)O[C@H]3COC4C3OC[C@@H]4OC(=O)c3ccc(OC(=O)c4ccc(OCCCCOC(=O)C=C)cc4)cc3)cc2)cc1. The van der Waals surface area contributed by atoms with Crippen LogP contribution >= 0.6 is 0 Å². The zero-order valence-corrected chi connectivity index (χ0v) is 34.7. The number of carbonyl (C=O) groups is 6. The summed E-state index contributed by atoms with van der Waals surface area (Å²) in [5, 5.41) is 0. The second-order valence-corrected chi connectivity index (χ2v) is 14.2. The predicted molar refractivity (Wildman–Crippen MR) is 225 cm³/mol. The highest BCUT2D eigenvalue weighted by molar-refractivity contribution is 5.93. The normalized spacial score (nSPS) is 17.2. The van der Waals surface area contributed by atoms with Gasteiger partial charge in [-0.05, 0) is 123 Å². The Bertz CT molecular complexity index is 2090. The van der Waals surface area contributed by atoms with Gasteiger partial charge in [0.05, 0.1) is 61.9 Å². The van der Waals surface area contributed by atoms with Gasteiger partial charge in [0, 0.05) is 12.2 Å². The van der Waals surface area contributed by atoms with Crippen LogP contribution in [0.25, 0.3) is 0 Å². The molecule has 0 N–H and O–H groups in total. The lowest BCUT2D eigenvalue weighted by Gasteiger charge is -2.17. The lowest BCUT2D eigenvalue weighted by atomic mass is 10.1. The van der Waals surface area contributed by atoms with Gasteiger partial charge in [-0.15, -0.1) is 0 Å². The minimum absolute atomic E-state index is 0.0221. The van der Waals surface area contributed by atoms with Gasteiger partial charge in [-0.1, -0.05) is 13.2 Å². The fourth-order valence-corrected chi connectivity index (χ4v) is 6.32. The number of ether oxygens (including phenoxy) is 10. The number of esters is 6. The zero-order chi connectivity index (χ0) is 45.3. The minimum atomic E-state index is -0.766. The van der Waals surface area contributed by atoms with Gasteiger partial charge in [-0.3, -0.25) is 0 Å². The van der Waals surface area contributed by atoms with Gasteiger partial charge in [0.15, 0.2) is 12.2 Å². The molecule has 2 unspecified atom stereocenters. The van der Waals surface area contributed by atoms with Crippen molar-refractivity contribution < 1.29 is 76.1 Å². The maximum absolute atomic E-state index is 13.0. The van der Waals surface area contributed by atoms with Gasteiger partial charge in [0.25, 0.3) is 0 Å². The van der Waals surface area contributed by atoms with Crippen molar-refractivity contribution >= 4 is 35.8 Å². The maximum Gasteiger partial charge on any atom is 0.343 e. The summed E-state index contributed by atoms with van der Waals surface area (Å²) in [6.07, 6.45) is 1.95. The van der Waals surface area contributed by atoms with E-state index in [2.05, 4.69) is 13.2 Å². The minimum Gasteiger partial charge on any atom is -0.494 e. The van der Waals surface area contributed by atoms with Crippen molar-refractivity contribution in [3.05, 3.63) is 145 Å². The molecule has 0 bridgehead atoms. The Labute approximate surface area is 368 Å². The third-order valence-electron chi connectivity index (χ3n) is 9.70. The molecule has 6 rings (SSSR count). The number of fused-ring (bicyclic) bond motifs is 1. The summed E-state index contributed by atoms with van der Waals surface area (Å²) >= 11 is 0. The second-order valence-electron chi connectivity index (χ2n) is 14.2. The number of carbonyl (C=O) groups excluding carboxylic acids is 6. The van der Waals surface area contributed by atoms with Gasteiger partial charge in [-0.25, -0.2) is 28.8 Å². The zero-order valence-electron chi connectivity index (χ0n) is 34.7. The highest BCUT2D eigenvalue weighted by Gasteiger charge is 2.51. The molecule has 64 heavy (non-hydrogen) atoms. The molecule has 0 saturated carbocycles. The molecule has 2 fully saturated rings. The van der Waals surface area contributed by atoms with Crippen molar-refractivity contribution in [2.75, 3.05) is 39.6 Å². The lowest BCUT2D eigenvalue weighted by molar-refractivity contribution is -0.138. The maximum atomic E-state index is 13.0. The quantitative estimate of drug-likeness (QED) is 0.0274. The fraction of sp³-hybridized carbons (Fsp3) is 0.292. The first-order valence-corrected chi connectivity index (χ1v) is 20.4. The van der Waals surface area contributed by atoms with E-state index in [0.717, 1.165) is 12.2 Å². The van der Waals surface area contributed by atoms with Gasteiger partial charge in [-0.2, -0.15) is 0 Å². The van der Waals surface area contributed by atoms with Crippen LogP contribution in [0.15, 0.2) is 122 Å². The van der Waals surface area contributed by atoms with Gasteiger partial charge in [0.1, 0.15) is 35.2 Å². The molecule has 16 heteroatoms. The summed E-state index contributed by atoms with van der Waals surface area (Å²) in [5.41, 5.74) is 0.999. The van der Waals surface area contributed by atoms with E-state index in [1.54, 1.807) is 48.5 Å². The van der Waals surface area contributed by atoms with E-state index in [-0.39, 0.29) is 49.1 Å². The third-order valence-corrected chi connectivity index (χ3v) is 9.70. The third kappa shape index (κ3) is 13.3. The summed E-state index contributed by atoms with van der Waals surface area (Å²) in [5.74, 6) is -1.88. The Balaban J connectivity index is 0.888. The summed E-state index contributed by atoms with van der Waals surface area (Å²) in [6.45, 7) is 8.10. The summed E-state index contributed by atoms with van der Waals surface area (Å²) in [7, 11) is 0. The van der Waals surface area contributed by atoms with E-state index in [0.29, 0.717) is 61.5 Å². The molecular formula is C48H46O16. The van der Waals surface area contributed by atoms with Gasteiger partial charge in [0.2, 0.25) is 0 Å². The lowest BCUT2D eigenvalue weighted by Crippen LogP contribution is -2.36. The van der Waals surface area contributed by atoms with Crippen LogP contribution in [0.4, 0.5) is 0 Å². The average molecular weight is 879 g/mol. The summed E-state index contributed by atoms with van der Waals surface area (Å²) < 4.78 is 55.2. The van der Waals surface area contributed by atoms with Crippen molar-refractivity contribution in [1.82, 2.24) is 0 Å². The van der Waals surface area contributed by atoms with Crippen molar-refractivity contribution in [3.8, 4) is 23.0 Å². The van der Waals surface area contributed by atoms with Crippen molar-refractivity contribution in [2.45, 2.75) is 50.1 Å². The Morgan fingerprint density at radius 2 is 0.766 bits per heavy atom. The van der Waals surface area contributed by atoms with Crippen molar-refractivity contribution in [3.63, 3.8) is 0 Å². The molecule has 2 saturated heterocycles. The van der Waals surface area contributed by atoms with E-state index in [1.807, 2.05) is 0 Å². The molecule has 0 spiro atoms. The van der Waals surface area contributed by atoms with Crippen LogP contribution in [0.3, 0.4) is 0 Å². The van der Waals surface area contributed by atoms with E-state index in [1.165, 1.54) is 48.5 Å². The first-order chi connectivity index (χ1) is 31.1. The number of unbranched alkanes of at least 4 members (excludes halogenated alkanes) is 2. The molecule has 0 aromatic heterocycles. The van der Waals surface area contributed by atoms with Gasteiger partial charge < -0.3 is 47.4 Å². The van der Waals surface area contributed by atoms with Crippen LogP contribution in [-0.4, -0.2) is 99.9 Å². The van der Waals surface area contributed by atoms with Crippen LogP contribution in [0.1, 0.15) is 67.1 Å². The number of rotatable bonds is 22. The molecule has 4 aromatic carbocycles. The second kappa shape index (κ2) is 23.2. The summed E-state index contributed by atoms with van der Waals surface area (Å²) in [6, 6.07) is 24.6. The van der Waals surface area contributed by atoms with Crippen LogP contribution in [0.5, 0.6) is 23.0 Å². The molecule has 0 radical (unpaired) electrons. The standard InChI is InChI=1S/C48H46O16/c1-3-41(49)57-27-7-5-25-55-35-17-9-31(10-18-35)45(51)61-37-21-13-33(14-22-37)47(53)63-39-29-59-44-40(30-60-43(39)44)64-48(54)34-15-23-38(24-16-34)62-46(52)32-11-19-36(20-12-32)56-26-6-8-28-58-42(50)4-2/h3-4,9-24,39-40,43-44H,1-2,5-8,25-30H2/t39-,40-,43?,44?/m0/s1. The Morgan fingerprint density at radius 1 is 0.453 bits per heavy atom. The number of hydrogen-bond acceptors (Lipinski definition) is 16. The highest BCUT2D eigenvalue weighted by Crippen LogP contribution is 2.32. The molecule has 4 aromatic rings. The first kappa shape index (κ1) is 46.2. The summed E-state index contributed by atoms with van der Waals surface area (Å²) in [4.78, 5) is 73.7. The van der Waals surface area contributed by atoms with Crippen molar-refractivity contribution in [2.24, 2.45) is 0 Å².